The van der Waals surface area contributed by atoms with E-state index >= 15 is 0 Å². The first-order chi connectivity index (χ1) is 16.4. The summed E-state index contributed by atoms with van der Waals surface area (Å²) >= 11 is 6.86. The highest BCUT2D eigenvalue weighted by molar-refractivity contribution is 7.14. The SMILES string of the molecule is O=C(O)CC(Nc1ncc(C(=O)Nc2nc(-c3cccc(C(F)(F)F)c3F)cs2)cc1Cl)C(=O)O. The van der Waals surface area contributed by atoms with Gasteiger partial charge in [-0.3, -0.25) is 14.9 Å². The van der Waals surface area contributed by atoms with Crippen LogP contribution in [-0.2, 0) is 15.8 Å². The monoisotopic (exact) mass is 532 g/mol. The van der Waals surface area contributed by atoms with E-state index in [0.717, 1.165) is 35.7 Å². The zero-order valence-corrected chi connectivity index (χ0v) is 18.6. The third kappa shape index (κ3) is 6.22. The average Bonchev–Trinajstić information content (AvgIpc) is 3.21. The quantitative estimate of drug-likeness (QED) is 0.308. The Kier molecular flexibility index (Phi) is 7.55. The van der Waals surface area contributed by atoms with Crippen molar-refractivity contribution in [2.24, 2.45) is 0 Å². The van der Waals surface area contributed by atoms with Gasteiger partial charge in [0.2, 0.25) is 0 Å². The number of benzene rings is 1. The van der Waals surface area contributed by atoms with Gasteiger partial charge in [0.1, 0.15) is 17.7 Å². The highest BCUT2D eigenvalue weighted by Gasteiger charge is 2.35. The van der Waals surface area contributed by atoms with Gasteiger partial charge in [0.05, 0.1) is 28.3 Å². The van der Waals surface area contributed by atoms with Crippen LogP contribution in [0, 0.1) is 5.82 Å². The molecule has 0 bridgehead atoms. The predicted octanol–water partition coefficient (Wildman–Crippen LogP) is 4.61. The molecule has 2 heterocycles. The molecule has 1 amide bonds. The van der Waals surface area contributed by atoms with E-state index in [0.29, 0.717) is 6.07 Å². The number of nitrogens with zero attached hydrogens (tertiary/aromatic N) is 2. The van der Waals surface area contributed by atoms with Crippen molar-refractivity contribution in [2.45, 2.75) is 18.6 Å². The minimum absolute atomic E-state index is 0.0486. The number of aliphatic carboxylic acids is 2. The normalized spacial score (nSPS) is 12.1. The summed E-state index contributed by atoms with van der Waals surface area (Å²) in [5.74, 6) is -5.26. The Morgan fingerprint density at radius 2 is 1.91 bits per heavy atom. The second-order valence-corrected chi connectivity index (χ2v) is 8.11. The average molecular weight is 533 g/mol. The topological polar surface area (TPSA) is 142 Å². The van der Waals surface area contributed by atoms with Gasteiger partial charge in [-0.15, -0.1) is 11.3 Å². The molecule has 0 spiro atoms. The molecular formula is C20H13ClF4N4O5S. The van der Waals surface area contributed by atoms with E-state index in [9.17, 15) is 31.9 Å². The fraction of sp³-hybridized carbons (Fsp3) is 0.150. The maximum absolute atomic E-state index is 14.3. The summed E-state index contributed by atoms with van der Waals surface area (Å²) < 4.78 is 53.2. The second kappa shape index (κ2) is 10.2. The molecule has 1 aromatic carbocycles. The number of carbonyl (C=O) groups is 3. The summed E-state index contributed by atoms with van der Waals surface area (Å²) in [6.45, 7) is 0. The summed E-state index contributed by atoms with van der Waals surface area (Å²) in [6, 6.07) is 2.36. The van der Waals surface area contributed by atoms with E-state index in [1.165, 1.54) is 5.38 Å². The summed E-state index contributed by atoms with van der Waals surface area (Å²) in [7, 11) is 0. The molecule has 0 radical (unpaired) electrons. The molecule has 0 fully saturated rings. The van der Waals surface area contributed by atoms with Crippen LogP contribution < -0.4 is 10.6 Å². The van der Waals surface area contributed by atoms with Gasteiger partial charge in [0, 0.05) is 17.1 Å². The van der Waals surface area contributed by atoms with Crippen molar-refractivity contribution in [3.8, 4) is 11.3 Å². The number of pyridine rings is 1. The number of amides is 1. The number of aromatic nitrogens is 2. The van der Waals surface area contributed by atoms with Crippen LogP contribution in [-0.4, -0.2) is 44.1 Å². The number of rotatable bonds is 8. The van der Waals surface area contributed by atoms with E-state index in [-0.39, 0.29) is 27.2 Å². The molecule has 1 unspecified atom stereocenters. The van der Waals surface area contributed by atoms with E-state index in [1.807, 2.05) is 0 Å². The van der Waals surface area contributed by atoms with Gasteiger partial charge < -0.3 is 15.5 Å². The Labute approximate surface area is 202 Å². The lowest BCUT2D eigenvalue weighted by atomic mass is 10.1. The zero-order valence-electron chi connectivity index (χ0n) is 17.1. The molecule has 0 aliphatic rings. The fourth-order valence-corrected chi connectivity index (χ4v) is 3.71. The van der Waals surface area contributed by atoms with Gasteiger partial charge in [-0.1, -0.05) is 17.7 Å². The standard InChI is InChI=1S/C20H13ClF4N4O5S/c21-11-4-8(6-26-16(11)27-12(18(33)34)5-14(30)31)17(32)29-19-28-13(7-35-19)9-2-1-3-10(15(9)22)20(23,24)25/h1-4,6-7,12H,5H2,(H,26,27)(H,30,31)(H,33,34)(H,28,29,32). The van der Waals surface area contributed by atoms with Crippen molar-refractivity contribution in [1.29, 1.82) is 0 Å². The number of nitrogens with one attached hydrogen (secondary N) is 2. The van der Waals surface area contributed by atoms with Crippen molar-refractivity contribution >= 4 is 51.7 Å². The molecule has 3 aromatic rings. The van der Waals surface area contributed by atoms with Crippen LogP contribution in [0.4, 0.5) is 28.5 Å². The van der Waals surface area contributed by atoms with Crippen LogP contribution in [0.3, 0.4) is 0 Å². The number of carbonyl (C=O) groups excluding carboxylic acids is 1. The molecule has 15 heteroatoms. The molecule has 4 N–H and O–H groups in total. The molecule has 35 heavy (non-hydrogen) atoms. The van der Waals surface area contributed by atoms with Gasteiger partial charge in [-0.05, 0) is 18.2 Å². The smallest absolute Gasteiger partial charge is 0.419 e. The Bertz CT molecular complexity index is 1300. The van der Waals surface area contributed by atoms with E-state index in [4.69, 9.17) is 21.8 Å². The Balaban J connectivity index is 1.76. The number of alkyl halides is 3. The minimum Gasteiger partial charge on any atom is -0.481 e. The minimum atomic E-state index is -4.89. The molecule has 184 valence electrons. The van der Waals surface area contributed by atoms with Gasteiger partial charge in [-0.25, -0.2) is 19.2 Å². The first kappa shape index (κ1) is 25.8. The van der Waals surface area contributed by atoms with E-state index < -0.39 is 53.4 Å². The largest absolute Gasteiger partial charge is 0.481 e. The molecule has 0 saturated carbocycles. The number of halogens is 5. The van der Waals surface area contributed by atoms with Crippen molar-refractivity contribution < 1.29 is 42.2 Å². The third-order valence-electron chi connectivity index (χ3n) is 4.40. The van der Waals surface area contributed by atoms with Crippen LogP contribution in [0.1, 0.15) is 22.3 Å². The highest BCUT2D eigenvalue weighted by Crippen LogP contribution is 2.36. The summed E-state index contributed by atoms with van der Waals surface area (Å²) in [5, 5.41) is 23.7. The highest BCUT2D eigenvalue weighted by atomic mass is 35.5. The van der Waals surface area contributed by atoms with Crippen molar-refractivity contribution in [2.75, 3.05) is 10.6 Å². The van der Waals surface area contributed by atoms with Crippen molar-refractivity contribution in [3.63, 3.8) is 0 Å². The number of anilines is 2. The molecule has 0 aliphatic carbocycles. The van der Waals surface area contributed by atoms with Crippen molar-refractivity contribution in [3.05, 3.63) is 57.8 Å². The van der Waals surface area contributed by atoms with E-state index in [2.05, 4.69) is 20.6 Å². The molecule has 3 rings (SSSR count). The lowest BCUT2D eigenvalue weighted by molar-refractivity contribution is -0.144. The van der Waals surface area contributed by atoms with Crippen LogP contribution >= 0.6 is 22.9 Å². The zero-order chi connectivity index (χ0) is 25.9. The van der Waals surface area contributed by atoms with Crippen LogP contribution in [0.15, 0.2) is 35.8 Å². The van der Waals surface area contributed by atoms with Gasteiger partial charge in [-0.2, -0.15) is 13.2 Å². The number of carboxylic acid groups (broad SMARTS) is 2. The second-order valence-electron chi connectivity index (χ2n) is 6.84. The lowest BCUT2D eigenvalue weighted by Crippen LogP contribution is -2.32. The summed E-state index contributed by atoms with van der Waals surface area (Å²) in [5.41, 5.74) is -2.06. The predicted molar refractivity (Wildman–Crippen MR) is 117 cm³/mol. The number of hydrogen-bond donors (Lipinski definition) is 4. The Hall–Kier alpha value is -3.78. The maximum Gasteiger partial charge on any atom is 0.419 e. The summed E-state index contributed by atoms with van der Waals surface area (Å²) in [4.78, 5) is 42.2. The molecular weight excluding hydrogens is 520 g/mol. The Morgan fingerprint density at radius 1 is 1.20 bits per heavy atom. The Morgan fingerprint density at radius 3 is 2.51 bits per heavy atom. The number of carboxylic acids is 2. The molecule has 0 saturated heterocycles. The van der Waals surface area contributed by atoms with Crippen LogP contribution in [0.2, 0.25) is 5.02 Å². The number of thiazole rings is 1. The fourth-order valence-electron chi connectivity index (χ4n) is 2.78. The van der Waals surface area contributed by atoms with Gasteiger partial charge >= 0.3 is 18.1 Å². The first-order valence-electron chi connectivity index (χ1n) is 9.36. The third-order valence-corrected chi connectivity index (χ3v) is 5.44. The van der Waals surface area contributed by atoms with Gasteiger partial charge in [0.15, 0.2) is 5.13 Å². The van der Waals surface area contributed by atoms with E-state index in [1.54, 1.807) is 0 Å². The maximum atomic E-state index is 14.3. The number of hydrogen-bond acceptors (Lipinski definition) is 7. The van der Waals surface area contributed by atoms with Crippen LogP contribution in [0.5, 0.6) is 0 Å². The van der Waals surface area contributed by atoms with Crippen LogP contribution in [0.25, 0.3) is 11.3 Å². The molecule has 1 atom stereocenters. The molecule has 0 aliphatic heterocycles. The van der Waals surface area contributed by atoms with Crippen molar-refractivity contribution in [1.82, 2.24) is 9.97 Å². The lowest BCUT2D eigenvalue weighted by Gasteiger charge is -2.14. The molecule has 9 nitrogen and oxygen atoms in total. The summed E-state index contributed by atoms with van der Waals surface area (Å²) in [6.07, 6.45) is -4.61. The molecule has 2 aromatic heterocycles. The van der Waals surface area contributed by atoms with Gasteiger partial charge in [0.25, 0.3) is 5.91 Å². The first-order valence-corrected chi connectivity index (χ1v) is 10.6.